The third kappa shape index (κ3) is 6.93. The predicted octanol–water partition coefficient (Wildman–Crippen LogP) is 4.59. The van der Waals surface area contributed by atoms with Gasteiger partial charge in [-0.05, 0) is 66.2 Å². The second kappa shape index (κ2) is 11.5. The zero-order valence-electron chi connectivity index (χ0n) is 17.8. The molecule has 0 unspecified atom stereocenters. The average molecular weight is 538 g/mol. The molecule has 1 heterocycles. The van der Waals surface area contributed by atoms with Crippen LogP contribution in [0.3, 0.4) is 0 Å². The fraction of sp³-hybridized carbons (Fsp3) is 0.0833. The molecule has 0 saturated heterocycles. The van der Waals surface area contributed by atoms with E-state index in [-0.39, 0.29) is 24.2 Å². The summed E-state index contributed by atoms with van der Waals surface area (Å²) in [6.07, 6.45) is 1.54. The van der Waals surface area contributed by atoms with E-state index in [1.54, 1.807) is 36.4 Å². The smallest absolute Gasteiger partial charge is 0.262 e. The van der Waals surface area contributed by atoms with Crippen molar-refractivity contribution in [3.8, 4) is 5.75 Å². The number of halogens is 1. The quantitative estimate of drug-likeness (QED) is 0.164. The number of hydrogen-bond acceptors (Lipinski definition) is 6. The van der Waals surface area contributed by atoms with Crippen LogP contribution in [0, 0.1) is 0 Å². The van der Waals surface area contributed by atoms with Crippen LogP contribution in [-0.4, -0.2) is 40.4 Å². The Bertz CT molecular complexity index is 1270. The number of carbonyl (C=O) groups excluding carboxylic acids is 2. The number of aromatic nitrogens is 2. The Balaban J connectivity index is 1.18. The fourth-order valence-corrected chi connectivity index (χ4v) is 3.81. The molecule has 10 heteroatoms. The maximum atomic E-state index is 12.0. The van der Waals surface area contributed by atoms with Crippen molar-refractivity contribution in [2.75, 3.05) is 17.7 Å². The Morgan fingerprint density at radius 3 is 2.56 bits per heavy atom. The van der Waals surface area contributed by atoms with Gasteiger partial charge < -0.3 is 15.0 Å². The van der Waals surface area contributed by atoms with Gasteiger partial charge in [-0.3, -0.25) is 9.59 Å². The van der Waals surface area contributed by atoms with E-state index in [1.807, 2.05) is 36.4 Å². The van der Waals surface area contributed by atoms with Gasteiger partial charge in [-0.2, -0.15) is 5.10 Å². The summed E-state index contributed by atoms with van der Waals surface area (Å²) in [5.74, 6) is 0.246. The van der Waals surface area contributed by atoms with E-state index in [4.69, 9.17) is 4.74 Å². The monoisotopic (exact) mass is 537 g/mol. The summed E-state index contributed by atoms with van der Waals surface area (Å²) in [5.41, 5.74) is 5.76. The van der Waals surface area contributed by atoms with Crippen LogP contribution in [0.25, 0.3) is 11.0 Å². The lowest BCUT2D eigenvalue weighted by Gasteiger charge is -2.08. The van der Waals surface area contributed by atoms with Crippen molar-refractivity contribution in [1.82, 2.24) is 15.4 Å². The summed E-state index contributed by atoms with van der Waals surface area (Å²) in [4.78, 5) is 31.6. The zero-order chi connectivity index (χ0) is 23.8. The number of carbonyl (C=O) groups is 2. The van der Waals surface area contributed by atoms with Gasteiger partial charge in [0.2, 0.25) is 0 Å². The third-order valence-corrected chi connectivity index (χ3v) is 5.89. The zero-order valence-corrected chi connectivity index (χ0v) is 20.2. The van der Waals surface area contributed by atoms with E-state index in [9.17, 15) is 9.59 Å². The maximum Gasteiger partial charge on any atom is 0.262 e. The highest BCUT2D eigenvalue weighted by Crippen LogP contribution is 2.19. The summed E-state index contributed by atoms with van der Waals surface area (Å²) in [5, 5.41) is 7.42. The van der Waals surface area contributed by atoms with Crippen LogP contribution in [0.4, 0.5) is 5.69 Å². The van der Waals surface area contributed by atoms with Gasteiger partial charge in [0.15, 0.2) is 11.8 Å². The van der Waals surface area contributed by atoms with Crippen molar-refractivity contribution in [3.05, 3.63) is 82.8 Å². The highest BCUT2D eigenvalue weighted by atomic mass is 79.9. The first-order chi connectivity index (χ1) is 16.5. The summed E-state index contributed by atoms with van der Waals surface area (Å²) in [6, 6.07) is 22.0. The molecular weight excluding hydrogens is 518 g/mol. The molecule has 0 spiro atoms. The van der Waals surface area contributed by atoms with Gasteiger partial charge in [0.25, 0.3) is 11.8 Å². The van der Waals surface area contributed by atoms with E-state index < -0.39 is 0 Å². The number of hydrazone groups is 1. The number of para-hydroxylation sites is 2. The molecule has 0 atom stereocenters. The Hall–Kier alpha value is -3.63. The van der Waals surface area contributed by atoms with Crippen LogP contribution in [0.15, 0.2) is 87.5 Å². The summed E-state index contributed by atoms with van der Waals surface area (Å²) < 4.78 is 6.45. The van der Waals surface area contributed by atoms with Crippen LogP contribution >= 0.6 is 27.7 Å². The molecule has 0 radical (unpaired) electrons. The van der Waals surface area contributed by atoms with E-state index >= 15 is 0 Å². The molecule has 3 N–H and O–H groups in total. The fourth-order valence-electron chi connectivity index (χ4n) is 2.87. The highest BCUT2D eigenvalue weighted by molar-refractivity contribution is 9.10. The van der Waals surface area contributed by atoms with Crippen molar-refractivity contribution in [3.63, 3.8) is 0 Å². The number of anilines is 1. The molecular formula is C24H20BrN5O3S. The molecule has 2 amide bonds. The van der Waals surface area contributed by atoms with Gasteiger partial charge >= 0.3 is 0 Å². The average Bonchev–Trinajstić information content (AvgIpc) is 3.27. The molecule has 4 aromatic rings. The Morgan fingerprint density at radius 2 is 1.79 bits per heavy atom. The molecule has 0 fully saturated rings. The molecule has 3 aromatic carbocycles. The largest absolute Gasteiger partial charge is 0.484 e. The van der Waals surface area contributed by atoms with E-state index in [1.165, 1.54) is 18.0 Å². The standard InChI is InChI=1S/C24H20BrN5O3S/c25-17-7-9-18(10-8-17)27-22(31)14-33-19-11-5-16(6-12-19)13-26-30-23(32)15-34-24-28-20-3-1-2-4-21(20)29-24/h1-13H,14-15H2,(H,27,31)(H,28,29)(H,30,32)/b26-13-. The SMILES string of the molecule is O=C(CSc1nc2ccccc2[nH]1)N/N=C\c1ccc(OCC(=O)Nc2ccc(Br)cc2)cc1. The van der Waals surface area contributed by atoms with Gasteiger partial charge in [-0.25, -0.2) is 10.4 Å². The first-order valence-electron chi connectivity index (χ1n) is 10.2. The lowest BCUT2D eigenvalue weighted by atomic mass is 10.2. The molecule has 34 heavy (non-hydrogen) atoms. The van der Waals surface area contributed by atoms with E-state index in [0.29, 0.717) is 16.6 Å². The number of imidazole rings is 1. The Kier molecular flexibility index (Phi) is 7.95. The number of aromatic amines is 1. The van der Waals surface area contributed by atoms with Gasteiger partial charge in [0.1, 0.15) is 5.75 Å². The topological polar surface area (TPSA) is 108 Å². The number of hydrogen-bond donors (Lipinski definition) is 3. The molecule has 0 aliphatic carbocycles. The van der Waals surface area contributed by atoms with Gasteiger partial charge in [0.05, 0.1) is 23.0 Å². The van der Waals surface area contributed by atoms with Gasteiger partial charge in [-0.15, -0.1) is 0 Å². The van der Waals surface area contributed by atoms with Gasteiger partial charge in [-0.1, -0.05) is 39.8 Å². The molecule has 0 aliphatic rings. The van der Waals surface area contributed by atoms with Crippen LogP contribution in [0.5, 0.6) is 5.75 Å². The second-order valence-corrected chi connectivity index (χ2v) is 8.93. The summed E-state index contributed by atoms with van der Waals surface area (Å²) >= 11 is 4.66. The van der Waals surface area contributed by atoms with Crippen LogP contribution in [0.1, 0.15) is 5.56 Å². The molecule has 0 bridgehead atoms. The predicted molar refractivity (Wildman–Crippen MR) is 137 cm³/mol. The van der Waals surface area contributed by atoms with Crippen LogP contribution in [-0.2, 0) is 9.59 Å². The van der Waals surface area contributed by atoms with E-state index in [0.717, 1.165) is 21.1 Å². The number of nitrogens with zero attached hydrogens (tertiary/aromatic N) is 2. The number of benzene rings is 3. The number of rotatable bonds is 9. The number of ether oxygens (including phenoxy) is 1. The molecule has 1 aromatic heterocycles. The van der Waals surface area contributed by atoms with Crippen molar-refractivity contribution in [2.24, 2.45) is 5.10 Å². The first kappa shape index (κ1) is 23.5. The van der Waals surface area contributed by atoms with Crippen molar-refractivity contribution in [1.29, 1.82) is 0 Å². The molecule has 4 rings (SSSR count). The second-order valence-electron chi connectivity index (χ2n) is 7.05. The Labute approximate surface area is 208 Å². The number of amides is 2. The lowest BCUT2D eigenvalue weighted by molar-refractivity contribution is -0.119. The van der Waals surface area contributed by atoms with E-state index in [2.05, 4.69) is 41.7 Å². The van der Waals surface area contributed by atoms with Crippen LogP contribution in [0.2, 0.25) is 0 Å². The minimum Gasteiger partial charge on any atom is -0.484 e. The minimum absolute atomic E-state index is 0.109. The highest BCUT2D eigenvalue weighted by Gasteiger charge is 2.06. The molecule has 0 saturated carbocycles. The molecule has 0 aliphatic heterocycles. The number of thioether (sulfide) groups is 1. The normalized spacial score (nSPS) is 11.0. The number of fused-ring (bicyclic) bond motifs is 1. The lowest BCUT2D eigenvalue weighted by Crippen LogP contribution is -2.20. The van der Waals surface area contributed by atoms with Crippen molar-refractivity contribution in [2.45, 2.75) is 5.16 Å². The van der Waals surface area contributed by atoms with Gasteiger partial charge in [0, 0.05) is 10.2 Å². The number of nitrogens with one attached hydrogen (secondary N) is 3. The first-order valence-corrected chi connectivity index (χ1v) is 12.0. The number of H-pyrrole nitrogens is 1. The molecule has 8 nitrogen and oxygen atoms in total. The van der Waals surface area contributed by atoms with Crippen LogP contribution < -0.4 is 15.5 Å². The summed E-state index contributed by atoms with van der Waals surface area (Å²) in [7, 11) is 0. The molecule has 172 valence electrons. The minimum atomic E-state index is -0.254. The van der Waals surface area contributed by atoms with Crippen molar-refractivity contribution < 1.29 is 14.3 Å². The van der Waals surface area contributed by atoms with Crippen molar-refractivity contribution >= 4 is 62.4 Å². The Morgan fingerprint density at radius 1 is 1.03 bits per heavy atom. The maximum absolute atomic E-state index is 12.0. The third-order valence-electron chi connectivity index (χ3n) is 4.49. The summed E-state index contributed by atoms with van der Waals surface area (Å²) in [6.45, 7) is -0.109.